The Hall–Kier alpha value is -2.07. The van der Waals surface area contributed by atoms with E-state index in [-0.39, 0.29) is 25.4 Å². The number of hydrogen-bond donors (Lipinski definition) is 1. The molecular weight excluding hydrogens is 343 g/mol. The van der Waals surface area contributed by atoms with Gasteiger partial charge in [0.15, 0.2) is 6.10 Å². The van der Waals surface area contributed by atoms with Crippen LogP contribution in [0.3, 0.4) is 0 Å². The molecule has 1 atom stereocenters. The Morgan fingerprint density at radius 2 is 2.13 bits per heavy atom. The molecule has 1 saturated heterocycles. The number of alkyl halides is 3. The van der Waals surface area contributed by atoms with Crippen molar-refractivity contribution in [1.29, 1.82) is 0 Å². The molecule has 1 heterocycles. The molecule has 0 radical (unpaired) electrons. The van der Waals surface area contributed by atoms with Crippen molar-refractivity contribution in [3.05, 3.63) is 32.8 Å². The third-order valence-corrected chi connectivity index (χ3v) is 3.60. The van der Waals surface area contributed by atoms with Crippen molar-refractivity contribution in [2.24, 2.45) is 5.73 Å². The minimum Gasteiger partial charge on any atom is -0.367 e. The molecule has 1 fully saturated rings. The van der Waals surface area contributed by atoms with Crippen molar-refractivity contribution in [3.63, 3.8) is 0 Å². The predicted octanol–water partition coefficient (Wildman–Crippen LogP) is 1.96. The van der Waals surface area contributed by atoms with Gasteiger partial charge in [-0.25, -0.2) is 0 Å². The Kier molecular flexibility index (Phi) is 4.66. The normalized spacial score (nSPS) is 18.8. The van der Waals surface area contributed by atoms with E-state index in [1.165, 1.54) is 4.90 Å². The van der Waals surface area contributed by atoms with Crippen molar-refractivity contribution in [2.45, 2.75) is 12.3 Å². The van der Waals surface area contributed by atoms with Gasteiger partial charge in [0.1, 0.15) is 5.69 Å². The van der Waals surface area contributed by atoms with E-state index in [1.807, 2.05) is 0 Å². The lowest BCUT2D eigenvalue weighted by Crippen LogP contribution is -2.48. The van der Waals surface area contributed by atoms with Gasteiger partial charge in [-0.2, -0.15) is 13.2 Å². The Labute approximate surface area is 132 Å². The minimum atomic E-state index is -4.82. The maximum atomic E-state index is 12.8. The van der Waals surface area contributed by atoms with Gasteiger partial charge in [0, 0.05) is 12.6 Å². The van der Waals surface area contributed by atoms with E-state index in [1.54, 1.807) is 0 Å². The summed E-state index contributed by atoms with van der Waals surface area (Å²) in [6.07, 6.45) is -5.83. The second-order valence-electron chi connectivity index (χ2n) is 4.78. The summed E-state index contributed by atoms with van der Waals surface area (Å²) in [5, 5.41) is 10.4. The van der Waals surface area contributed by atoms with Crippen LogP contribution in [0.15, 0.2) is 12.1 Å². The molecular formula is C12H11ClF3N3O4. The zero-order chi connectivity index (χ0) is 17.4. The standard InChI is InChI=1S/C12H11ClF3N3O4/c13-7-4-8(18-1-2-23-10(5-18)11(17)20)9(19(21)22)3-6(7)12(14,15)16/h3-4,10H,1-2,5H2,(H2,17,20)/t10-/m1/s1. The highest BCUT2D eigenvalue weighted by atomic mass is 35.5. The van der Waals surface area contributed by atoms with Gasteiger partial charge < -0.3 is 15.4 Å². The van der Waals surface area contributed by atoms with Gasteiger partial charge in [-0.3, -0.25) is 14.9 Å². The molecule has 0 bridgehead atoms. The average Bonchev–Trinajstić information content (AvgIpc) is 2.45. The predicted molar refractivity (Wildman–Crippen MR) is 74.3 cm³/mol. The molecule has 126 valence electrons. The molecule has 11 heteroatoms. The zero-order valence-corrected chi connectivity index (χ0v) is 12.2. The third-order valence-electron chi connectivity index (χ3n) is 3.29. The fourth-order valence-electron chi connectivity index (χ4n) is 2.21. The highest BCUT2D eigenvalue weighted by Gasteiger charge is 2.37. The van der Waals surface area contributed by atoms with E-state index in [2.05, 4.69) is 0 Å². The number of carbonyl (C=O) groups excluding carboxylic acids is 1. The van der Waals surface area contributed by atoms with Gasteiger partial charge in [-0.15, -0.1) is 0 Å². The lowest BCUT2D eigenvalue weighted by atomic mass is 10.1. The van der Waals surface area contributed by atoms with Crippen LogP contribution in [0.4, 0.5) is 24.5 Å². The van der Waals surface area contributed by atoms with Crippen molar-refractivity contribution in [3.8, 4) is 0 Å². The first-order chi connectivity index (χ1) is 10.6. The van der Waals surface area contributed by atoms with Crippen molar-refractivity contribution < 1.29 is 27.6 Å². The number of primary amides is 1. The van der Waals surface area contributed by atoms with Gasteiger partial charge >= 0.3 is 6.18 Å². The molecule has 0 unspecified atom stereocenters. The van der Waals surface area contributed by atoms with Crippen molar-refractivity contribution in [1.82, 2.24) is 0 Å². The van der Waals surface area contributed by atoms with Crippen LogP contribution < -0.4 is 10.6 Å². The number of morpholine rings is 1. The van der Waals surface area contributed by atoms with Crippen molar-refractivity contribution >= 4 is 28.9 Å². The lowest BCUT2D eigenvalue weighted by molar-refractivity contribution is -0.384. The quantitative estimate of drug-likeness (QED) is 0.661. The zero-order valence-electron chi connectivity index (χ0n) is 11.5. The summed E-state index contributed by atoms with van der Waals surface area (Å²) >= 11 is 5.62. The first kappa shape index (κ1) is 17.3. The topological polar surface area (TPSA) is 98.7 Å². The van der Waals surface area contributed by atoms with Gasteiger partial charge in [0.05, 0.1) is 28.7 Å². The molecule has 1 aromatic carbocycles. The van der Waals surface area contributed by atoms with Crippen LogP contribution in [0.5, 0.6) is 0 Å². The number of nitro groups is 1. The summed E-state index contributed by atoms with van der Waals surface area (Å²) in [7, 11) is 0. The fourth-order valence-corrected chi connectivity index (χ4v) is 2.47. The van der Waals surface area contributed by atoms with E-state index in [0.29, 0.717) is 6.07 Å². The Balaban J connectivity index is 2.47. The molecule has 0 aliphatic carbocycles. The Bertz CT molecular complexity index is 653. The number of ether oxygens (including phenoxy) is 1. The maximum Gasteiger partial charge on any atom is 0.418 e. The number of nitrogens with zero attached hydrogens (tertiary/aromatic N) is 2. The van der Waals surface area contributed by atoms with Crippen LogP contribution in [0.25, 0.3) is 0 Å². The molecule has 1 aromatic rings. The molecule has 0 aromatic heterocycles. The van der Waals surface area contributed by atoms with Crippen LogP contribution in [-0.4, -0.2) is 36.6 Å². The molecule has 1 amide bonds. The number of nitrogens with two attached hydrogens (primary N) is 1. The van der Waals surface area contributed by atoms with Crippen LogP contribution in [0.1, 0.15) is 5.56 Å². The van der Waals surface area contributed by atoms with Gasteiger partial charge in [0.2, 0.25) is 5.91 Å². The molecule has 7 nitrogen and oxygen atoms in total. The molecule has 2 N–H and O–H groups in total. The van der Waals surface area contributed by atoms with E-state index in [9.17, 15) is 28.1 Å². The fraction of sp³-hybridized carbons (Fsp3) is 0.417. The second-order valence-corrected chi connectivity index (χ2v) is 5.19. The molecule has 2 rings (SSSR count). The van der Waals surface area contributed by atoms with Crippen LogP contribution in [0, 0.1) is 10.1 Å². The van der Waals surface area contributed by atoms with E-state index in [4.69, 9.17) is 22.1 Å². The molecule has 1 aliphatic heterocycles. The van der Waals surface area contributed by atoms with Crippen LogP contribution >= 0.6 is 11.6 Å². The molecule has 23 heavy (non-hydrogen) atoms. The number of nitro benzene ring substituents is 1. The first-order valence-corrected chi connectivity index (χ1v) is 6.70. The molecule has 1 aliphatic rings. The number of anilines is 1. The van der Waals surface area contributed by atoms with Crippen LogP contribution in [-0.2, 0) is 15.7 Å². The summed E-state index contributed by atoms with van der Waals surface area (Å²) in [5.74, 6) is -0.768. The smallest absolute Gasteiger partial charge is 0.367 e. The number of carbonyl (C=O) groups is 1. The number of amides is 1. The first-order valence-electron chi connectivity index (χ1n) is 6.32. The van der Waals surface area contributed by atoms with Crippen LogP contribution in [0.2, 0.25) is 5.02 Å². The van der Waals surface area contributed by atoms with E-state index in [0.717, 1.165) is 6.07 Å². The summed E-state index contributed by atoms with van der Waals surface area (Å²) in [4.78, 5) is 22.7. The Morgan fingerprint density at radius 1 is 1.48 bits per heavy atom. The largest absolute Gasteiger partial charge is 0.418 e. The van der Waals surface area contributed by atoms with Gasteiger partial charge in [-0.05, 0) is 6.07 Å². The number of benzene rings is 1. The third kappa shape index (κ3) is 3.64. The average molecular weight is 354 g/mol. The summed E-state index contributed by atoms with van der Waals surface area (Å²) in [5.41, 5.74) is 2.94. The summed E-state index contributed by atoms with van der Waals surface area (Å²) in [6, 6.07) is 1.25. The number of rotatable bonds is 3. The maximum absolute atomic E-state index is 12.8. The Morgan fingerprint density at radius 3 is 2.65 bits per heavy atom. The summed E-state index contributed by atoms with van der Waals surface area (Å²) < 4.78 is 43.6. The highest BCUT2D eigenvalue weighted by molar-refractivity contribution is 6.31. The monoisotopic (exact) mass is 353 g/mol. The van der Waals surface area contributed by atoms with Gasteiger partial charge in [-0.1, -0.05) is 11.6 Å². The second kappa shape index (κ2) is 6.20. The SMILES string of the molecule is NC(=O)[C@H]1CN(c2cc(Cl)c(C(F)(F)F)cc2[N+](=O)[O-])CCO1. The summed E-state index contributed by atoms with van der Waals surface area (Å²) in [6.45, 7) is 0.0770. The number of hydrogen-bond acceptors (Lipinski definition) is 5. The molecule has 0 spiro atoms. The number of halogens is 4. The molecule has 0 saturated carbocycles. The minimum absolute atomic E-state index is 0.0450. The van der Waals surface area contributed by atoms with Gasteiger partial charge in [0.25, 0.3) is 5.69 Å². The highest BCUT2D eigenvalue weighted by Crippen LogP contribution is 2.41. The van der Waals surface area contributed by atoms with E-state index < -0.39 is 39.4 Å². The van der Waals surface area contributed by atoms with Crippen molar-refractivity contribution in [2.75, 3.05) is 24.6 Å². The lowest BCUT2D eigenvalue weighted by Gasteiger charge is -2.33. The van der Waals surface area contributed by atoms with E-state index >= 15 is 0 Å².